The van der Waals surface area contributed by atoms with Crippen LogP contribution in [-0.4, -0.2) is 24.6 Å². The highest BCUT2D eigenvalue weighted by atomic mass is 79.9. The Morgan fingerprint density at radius 1 is 1.03 bits per heavy atom. The number of rotatable bonds is 7. The number of hydrazone groups is 1. The quantitative estimate of drug-likeness (QED) is 0.313. The summed E-state index contributed by atoms with van der Waals surface area (Å²) in [5.74, 6) is -0.189. The lowest BCUT2D eigenvalue weighted by Gasteiger charge is -2.12. The number of carbonyl (C=O) groups excluding carboxylic acids is 2. The summed E-state index contributed by atoms with van der Waals surface area (Å²) in [7, 11) is 0. The summed E-state index contributed by atoms with van der Waals surface area (Å²) in [6, 6.07) is 19.9. The minimum atomic E-state index is -0.324. The molecule has 0 aliphatic rings. The highest BCUT2D eigenvalue weighted by molar-refractivity contribution is 9.11. The molecule has 0 spiro atoms. The van der Waals surface area contributed by atoms with Crippen LogP contribution in [0.25, 0.3) is 0 Å². The normalized spacial score (nSPS) is 10.7. The third-order valence-electron chi connectivity index (χ3n) is 4.13. The van der Waals surface area contributed by atoms with Gasteiger partial charge in [-0.25, -0.2) is 5.43 Å². The largest absolute Gasteiger partial charge is 0.482 e. The molecule has 3 rings (SSSR count). The third-order valence-corrected chi connectivity index (χ3v) is 5.17. The third kappa shape index (κ3) is 6.77. The second-order valence-electron chi connectivity index (χ2n) is 6.57. The maximum absolute atomic E-state index is 12.2. The van der Waals surface area contributed by atoms with E-state index in [9.17, 15) is 9.59 Å². The molecule has 6 nitrogen and oxygen atoms in total. The van der Waals surface area contributed by atoms with Crippen molar-refractivity contribution < 1.29 is 14.3 Å². The van der Waals surface area contributed by atoms with Crippen LogP contribution in [0.1, 0.15) is 21.5 Å². The number of hydrogen-bond donors (Lipinski definition) is 2. The van der Waals surface area contributed by atoms with Gasteiger partial charge in [0.15, 0.2) is 6.61 Å². The zero-order valence-electron chi connectivity index (χ0n) is 16.6. The number of ether oxygens (including phenoxy) is 1. The summed E-state index contributed by atoms with van der Waals surface area (Å²) in [6.07, 6.45) is 1.46. The van der Waals surface area contributed by atoms with Crippen LogP contribution in [0.3, 0.4) is 0 Å². The summed E-state index contributed by atoms with van der Waals surface area (Å²) in [6.45, 7) is 1.76. The van der Waals surface area contributed by atoms with E-state index in [-0.39, 0.29) is 18.4 Å². The maximum Gasteiger partial charge on any atom is 0.271 e. The Morgan fingerprint density at radius 3 is 2.45 bits per heavy atom. The molecule has 0 aliphatic heterocycles. The average molecular weight is 545 g/mol. The summed E-state index contributed by atoms with van der Waals surface area (Å²) < 4.78 is 7.15. The maximum atomic E-state index is 12.2. The van der Waals surface area contributed by atoms with Crippen molar-refractivity contribution in [3.05, 3.63) is 92.4 Å². The van der Waals surface area contributed by atoms with Crippen LogP contribution in [0, 0.1) is 6.92 Å². The minimum absolute atomic E-state index is 0.189. The molecule has 3 aromatic rings. The van der Waals surface area contributed by atoms with Crippen molar-refractivity contribution >= 4 is 55.6 Å². The predicted octanol–water partition coefficient (Wildman–Crippen LogP) is 5.30. The van der Waals surface area contributed by atoms with Gasteiger partial charge in [-0.1, -0.05) is 51.8 Å². The molecule has 3 aromatic carbocycles. The number of nitrogens with zero attached hydrogens (tertiary/aromatic N) is 1. The molecule has 31 heavy (non-hydrogen) atoms. The minimum Gasteiger partial charge on any atom is -0.482 e. The van der Waals surface area contributed by atoms with Gasteiger partial charge in [-0.2, -0.15) is 5.10 Å². The van der Waals surface area contributed by atoms with Gasteiger partial charge in [0.05, 0.1) is 10.7 Å². The lowest BCUT2D eigenvalue weighted by Crippen LogP contribution is -2.21. The van der Waals surface area contributed by atoms with E-state index in [0.29, 0.717) is 27.0 Å². The van der Waals surface area contributed by atoms with Crippen LogP contribution in [0.5, 0.6) is 5.75 Å². The number of benzene rings is 3. The van der Waals surface area contributed by atoms with Crippen LogP contribution < -0.4 is 15.5 Å². The molecule has 0 radical (unpaired) electrons. The van der Waals surface area contributed by atoms with Gasteiger partial charge in [-0.3, -0.25) is 9.59 Å². The molecule has 0 unspecified atom stereocenters. The van der Waals surface area contributed by atoms with Gasteiger partial charge in [0.25, 0.3) is 11.8 Å². The van der Waals surface area contributed by atoms with Gasteiger partial charge in [-0.15, -0.1) is 0 Å². The van der Waals surface area contributed by atoms with Crippen LogP contribution in [0.15, 0.2) is 80.8 Å². The number of hydrogen-bond acceptors (Lipinski definition) is 4. The molecule has 0 heterocycles. The molecule has 0 bridgehead atoms. The topological polar surface area (TPSA) is 79.8 Å². The fraction of sp³-hybridized carbons (Fsp3) is 0.0870. The zero-order chi connectivity index (χ0) is 22.2. The summed E-state index contributed by atoms with van der Waals surface area (Å²) in [5, 5.41) is 6.79. The average Bonchev–Trinajstić information content (AvgIpc) is 2.74. The highest BCUT2D eigenvalue weighted by Gasteiger charge is 2.12. The van der Waals surface area contributed by atoms with Crippen molar-refractivity contribution in [3.63, 3.8) is 0 Å². The summed E-state index contributed by atoms with van der Waals surface area (Å²) in [5.41, 5.74) is 5.34. The Kier molecular flexibility index (Phi) is 7.97. The first-order valence-corrected chi connectivity index (χ1v) is 10.9. The van der Waals surface area contributed by atoms with Crippen molar-refractivity contribution in [2.75, 3.05) is 11.9 Å². The standard InChI is InChI=1S/C23H19Br2N3O3/c1-15-7-9-16(10-8-15)23(30)28-26-13-17-11-18(24)12-20(25)22(17)31-14-21(29)27-19-5-3-2-4-6-19/h2-13H,14H2,1H3,(H,27,29)(H,28,30)/b26-13+. The van der Waals surface area contributed by atoms with Crippen molar-refractivity contribution in [2.24, 2.45) is 5.10 Å². The van der Waals surface area contributed by atoms with Crippen LogP contribution in [0.4, 0.5) is 5.69 Å². The molecule has 158 valence electrons. The number of nitrogens with one attached hydrogen (secondary N) is 2. The fourth-order valence-corrected chi connectivity index (χ4v) is 3.99. The first-order chi connectivity index (χ1) is 14.9. The molecule has 0 saturated carbocycles. The molecule has 0 aromatic heterocycles. The molecule has 0 saturated heterocycles. The monoisotopic (exact) mass is 543 g/mol. The van der Waals surface area contributed by atoms with E-state index in [2.05, 4.69) is 47.7 Å². The number of amides is 2. The number of halogens is 2. The predicted molar refractivity (Wildman–Crippen MR) is 129 cm³/mol. The summed E-state index contributed by atoms with van der Waals surface area (Å²) >= 11 is 6.87. The SMILES string of the molecule is Cc1ccc(C(=O)N/N=C/c2cc(Br)cc(Br)c2OCC(=O)Nc2ccccc2)cc1. The second-order valence-corrected chi connectivity index (χ2v) is 8.34. The Labute approximate surface area is 197 Å². The van der Waals surface area contributed by atoms with E-state index in [1.807, 2.05) is 37.3 Å². The lowest BCUT2D eigenvalue weighted by molar-refractivity contribution is -0.118. The Morgan fingerprint density at radius 2 is 1.74 bits per heavy atom. The summed E-state index contributed by atoms with van der Waals surface area (Å²) in [4.78, 5) is 24.4. The molecule has 2 N–H and O–H groups in total. The van der Waals surface area contributed by atoms with E-state index in [4.69, 9.17) is 4.74 Å². The smallest absolute Gasteiger partial charge is 0.271 e. The van der Waals surface area contributed by atoms with E-state index >= 15 is 0 Å². The molecule has 0 fully saturated rings. The van der Waals surface area contributed by atoms with Gasteiger partial charge < -0.3 is 10.1 Å². The van der Waals surface area contributed by atoms with Crippen LogP contribution in [0.2, 0.25) is 0 Å². The fourth-order valence-electron chi connectivity index (χ4n) is 2.61. The van der Waals surface area contributed by atoms with Gasteiger partial charge >= 0.3 is 0 Å². The van der Waals surface area contributed by atoms with Gasteiger partial charge in [0, 0.05) is 21.3 Å². The first-order valence-electron chi connectivity index (χ1n) is 9.29. The van der Waals surface area contributed by atoms with Gasteiger partial charge in [0.2, 0.25) is 0 Å². The van der Waals surface area contributed by atoms with Crippen molar-refractivity contribution in [2.45, 2.75) is 6.92 Å². The number of para-hydroxylation sites is 1. The second kappa shape index (κ2) is 10.9. The number of aryl methyl sites for hydroxylation is 1. The van der Waals surface area contributed by atoms with Crippen molar-refractivity contribution in [1.82, 2.24) is 5.43 Å². The van der Waals surface area contributed by atoms with Crippen molar-refractivity contribution in [1.29, 1.82) is 0 Å². The van der Waals surface area contributed by atoms with Crippen LogP contribution >= 0.6 is 31.9 Å². The van der Waals surface area contributed by atoms with Gasteiger partial charge in [-0.05, 0) is 59.3 Å². The van der Waals surface area contributed by atoms with E-state index in [0.717, 1.165) is 10.0 Å². The van der Waals surface area contributed by atoms with Crippen molar-refractivity contribution in [3.8, 4) is 5.75 Å². The Hall–Kier alpha value is -2.97. The number of anilines is 1. The van der Waals surface area contributed by atoms with E-state index in [1.54, 1.807) is 36.4 Å². The molecular formula is C23H19Br2N3O3. The Bertz CT molecular complexity index is 1100. The molecule has 2 amide bonds. The lowest BCUT2D eigenvalue weighted by atomic mass is 10.1. The van der Waals surface area contributed by atoms with E-state index in [1.165, 1.54) is 6.21 Å². The molecule has 0 aliphatic carbocycles. The zero-order valence-corrected chi connectivity index (χ0v) is 19.7. The van der Waals surface area contributed by atoms with Gasteiger partial charge in [0.1, 0.15) is 5.75 Å². The molecule has 0 atom stereocenters. The first kappa shape index (κ1) is 22.7. The molecular weight excluding hydrogens is 526 g/mol. The molecule has 8 heteroatoms. The van der Waals surface area contributed by atoms with Crippen LogP contribution in [-0.2, 0) is 4.79 Å². The Balaban J connectivity index is 1.67. The number of carbonyl (C=O) groups is 2. The van der Waals surface area contributed by atoms with E-state index < -0.39 is 0 Å². The highest BCUT2D eigenvalue weighted by Crippen LogP contribution is 2.32.